The Morgan fingerprint density at radius 3 is 2.85 bits per heavy atom. The van der Waals surface area contributed by atoms with Crippen LogP contribution in [-0.4, -0.2) is 25.3 Å². The van der Waals surface area contributed by atoms with Crippen molar-refractivity contribution >= 4 is 38.6 Å². The lowest BCUT2D eigenvalue weighted by Gasteiger charge is -2.08. The number of alkyl halides is 2. The molecule has 6 nitrogen and oxygen atoms in total. The number of imidazole rings is 1. The highest BCUT2D eigenvalue weighted by molar-refractivity contribution is 7.20. The van der Waals surface area contributed by atoms with E-state index in [1.54, 1.807) is 42.1 Å². The highest BCUT2D eigenvalue weighted by Crippen LogP contribution is 2.29. The van der Waals surface area contributed by atoms with E-state index in [-0.39, 0.29) is 12.4 Å². The van der Waals surface area contributed by atoms with Crippen molar-refractivity contribution in [2.24, 2.45) is 7.05 Å². The summed E-state index contributed by atoms with van der Waals surface area (Å²) in [6, 6.07) is 8.28. The van der Waals surface area contributed by atoms with Crippen molar-refractivity contribution in [1.82, 2.24) is 19.3 Å². The normalized spacial score (nSPS) is 11.7. The molecule has 3 heterocycles. The van der Waals surface area contributed by atoms with E-state index >= 15 is 0 Å². The molecular formula is C17H14F2N4O2S. The summed E-state index contributed by atoms with van der Waals surface area (Å²) >= 11 is 1.25. The molecule has 4 rings (SSSR count). The maximum Gasteiger partial charge on any atom is 0.348 e. The van der Waals surface area contributed by atoms with Crippen molar-refractivity contribution in [1.29, 1.82) is 0 Å². The van der Waals surface area contributed by atoms with Gasteiger partial charge >= 0.3 is 12.5 Å². The number of rotatable bonds is 4. The number of fused-ring (bicyclic) bond motifs is 2. The molecule has 0 N–H and O–H groups in total. The number of aromatic nitrogens is 4. The largest absolute Gasteiger partial charge is 0.453 e. The lowest BCUT2D eigenvalue weighted by molar-refractivity contribution is 0.0392. The van der Waals surface area contributed by atoms with Gasteiger partial charge in [-0.1, -0.05) is 12.1 Å². The maximum atomic E-state index is 13.4. The van der Waals surface area contributed by atoms with Crippen molar-refractivity contribution in [3.63, 3.8) is 0 Å². The molecule has 4 aromatic rings. The summed E-state index contributed by atoms with van der Waals surface area (Å²) in [6.45, 7) is -1.24. The number of ether oxygens (including phenoxy) is 1. The Morgan fingerprint density at radius 2 is 2.12 bits per heavy atom. The van der Waals surface area contributed by atoms with Gasteiger partial charge in [0.1, 0.15) is 16.3 Å². The summed E-state index contributed by atoms with van der Waals surface area (Å²) in [7, 11) is 1.80. The van der Waals surface area contributed by atoms with Crippen LogP contribution in [0.3, 0.4) is 0 Å². The molecule has 0 saturated carbocycles. The second-order valence-corrected chi connectivity index (χ2v) is 6.81. The molecule has 0 saturated heterocycles. The summed E-state index contributed by atoms with van der Waals surface area (Å²) in [4.78, 5) is 17.7. The van der Waals surface area contributed by atoms with Crippen LogP contribution in [0.25, 0.3) is 21.3 Å². The van der Waals surface area contributed by atoms with Gasteiger partial charge in [0.25, 0.3) is 0 Å². The van der Waals surface area contributed by atoms with Gasteiger partial charge in [-0.15, -0.1) is 11.3 Å². The van der Waals surface area contributed by atoms with Crippen molar-refractivity contribution in [3.05, 3.63) is 46.7 Å². The molecule has 0 spiro atoms. The zero-order chi connectivity index (χ0) is 18.4. The lowest BCUT2D eigenvalue weighted by Crippen LogP contribution is -2.09. The van der Waals surface area contributed by atoms with Gasteiger partial charge in [-0.3, -0.25) is 9.25 Å². The van der Waals surface area contributed by atoms with Crippen LogP contribution in [0.15, 0.2) is 30.3 Å². The minimum Gasteiger partial charge on any atom is -0.453 e. The number of aryl methyl sites for hydroxylation is 2. The summed E-state index contributed by atoms with van der Waals surface area (Å²) in [5.74, 6) is -0.563. The van der Waals surface area contributed by atoms with Gasteiger partial charge in [0.05, 0.1) is 16.7 Å². The molecule has 0 bridgehead atoms. The zero-order valence-electron chi connectivity index (χ0n) is 13.9. The summed E-state index contributed by atoms with van der Waals surface area (Å²) < 4.78 is 34.5. The quantitative estimate of drug-likeness (QED) is 0.504. The zero-order valence-corrected chi connectivity index (χ0v) is 14.8. The Morgan fingerprint density at radius 1 is 1.35 bits per heavy atom. The van der Waals surface area contributed by atoms with Crippen LogP contribution >= 0.6 is 11.3 Å². The number of carbonyl (C=O) groups excluding carboxylic acids is 1. The molecule has 26 heavy (non-hydrogen) atoms. The van der Waals surface area contributed by atoms with Crippen LogP contribution in [0, 0.1) is 6.92 Å². The van der Waals surface area contributed by atoms with E-state index in [0.717, 1.165) is 20.5 Å². The van der Waals surface area contributed by atoms with E-state index in [2.05, 4.69) is 10.1 Å². The number of esters is 1. The predicted octanol–water partition coefficient (Wildman–Crippen LogP) is 4.05. The van der Waals surface area contributed by atoms with Gasteiger partial charge in [0.2, 0.25) is 0 Å². The number of benzene rings is 1. The van der Waals surface area contributed by atoms with Gasteiger partial charge in [0.15, 0.2) is 5.82 Å². The number of hydrogen-bond acceptors (Lipinski definition) is 5. The van der Waals surface area contributed by atoms with E-state index in [1.165, 1.54) is 11.3 Å². The third kappa shape index (κ3) is 2.64. The molecule has 0 aliphatic rings. The fourth-order valence-corrected chi connectivity index (χ4v) is 3.94. The molecule has 0 amide bonds. The van der Waals surface area contributed by atoms with Gasteiger partial charge in [0, 0.05) is 12.4 Å². The first kappa shape index (κ1) is 16.6. The van der Waals surface area contributed by atoms with Crippen LogP contribution < -0.4 is 0 Å². The van der Waals surface area contributed by atoms with Crippen molar-refractivity contribution in [2.45, 2.75) is 20.1 Å². The first-order valence-electron chi connectivity index (χ1n) is 7.80. The molecule has 0 radical (unpaired) electrons. The van der Waals surface area contributed by atoms with Gasteiger partial charge in [-0.05, 0) is 25.1 Å². The Kier molecular flexibility index (Phi) is 3.95. The fourth-order valence-electron chi connectivity index (χ4n) is 2.92. The molecule has 0 aliphatic heterocycles. The van der Waals surface area contributed by atoms with Crippen LogP contribution in [0.1, 0.15) is 27.7 Å². The predicted molar refractivity (Wildman–Crippen MR) is 93.4 cm³/mol. The Hall–Kier alpha value is -2.81. The van der Waals surface area contributed by atoms with E-state index < -0.39 is 12.5 Å². The average Bonchev–Trinajstić information content (AvgIpc) is 3.26. The van der Waals surface area contributed by atoms with Crippen molar-refractivity contribution < 1.29 is 18.3 Å². The summed E-state index contributed by atoms with van der Waals surface area (Å²) in [5, 5.41) is 5.16. The molecule has 3 aromatic heterocycles. The number of nitrogens with zero attached hydrogens (tertiary/aromatic N) is 4. The second-order valence-electron chi connectivity index (χ2n) is 5.78. The van der Waals surface area contributed by atoms with Crippen molar-refractivity contribution in [2.75, 3.05) is 0 Å². The van der Waals surface area contributed by atoms with E-state index in [4.69, 9.17) is 4.74 Å². The SMILES string of the molecule is Cc1nn(C)c2sc(C(=O)OCc3nc4ccccc4n3C(F)F)cc12. The Balaban J connectivity index is 1.60. The second kappa shape index (κ2) is 6.17. The third-order valence-corrected chi connectivity index (χ3v) is 5.28. The Labute approximate surface area is 150 Å². The summed E-state index contributed by atoms with van der Waals surface area (Å²) in [5.41, 5.74) is 1.55. The van der Waals surface area contributed by atoms with Crippen LogP contribution in [-0.2, 0) is 18.4 Å². The molecule has 0 unspecified atom stereocenters. The van der Waals surface area contributed by atoms with E-state index in [9.17, 15) is 13.6 Å². The van der Waals surface area contributed by atoms with Gasteiger partial charge in [-0.2, -0.15) is 13.9 Å². The highest BCUT2D eigenvalue weighted by atomic mass is 32.1. The first-order valence-corrected chi connectivity index (χ1v) is 8.61. The summed E-state index contributed by atoms with van der Waals surface area (Å²) in [6.07, 6.45) is 0. The maximum absolute atomic E-state index is 13.4. The number of hydrogen-bond donors (Lipinski definition) is 0. The number of halogens is 2. The lowest BCUT2D eigenvalue weighted by atomic mass is 10.3. The molecule has 9 heteroatoms. The topological polar surface area (TPSA) is 61.9 Å². The molecule has 0 aliphatic carbocycles. The minimum absolute atomic E-state index is 0.00788. The Bertz CT molecular complexity index is 1090. The minimum atomic E-state index is -2.77. The highest BCUT2D eigenvalue weighted by Gasteiger charge is 2.20. The van der Waals surface area contributed by atoms with E-state index in [1.807, 2.05) is 6.92 Å². The van der Waals surface area contributed by atoms with E-state index in [0.29, 0.717) is 15.9 Å². The molecule has 134 valence electrons. The van der Waals surface area contributed by atoms with Gasteiger partial charge < -0.3 is 4.74 Å². The molecule has 0 fully saturated rings. The third-order valence-electron chi connectivity index (χ3n) is 4.09. The standard InChI is InChI=1S/C17H14F2N4O2S/c1-9-10-7-13(26-15(10)22(2)21-9)16(24)25-8-14-20-11-5-3-4-6-12(11)23(14)17(18)19/h3-7,17H,8H2,1-2H3. The number of carbonyl (C=O) groups is 1. The fraction of sp³-hybridized carbons (Fsp3) is 0.235. The molecular weight excluding hydrogens is 362 g/mol. The van der Waals surface area contributed by atoms with Crippen molar-refractivity contribution in [3.8, 4) is 0 Å². The number of thiophene rings is 1. The van der Waals surface area contributed by atoms with Crippen LogP contribution in [0.4, 0.5) is 8.78 Å². The van der Waals surface area contributed by atoms with Crippen LogP contribution in [0.5, 0.6) is 0 Å². The smallest absolute Gasteiger partial charge is 0.348 e. The molecule has 0 atom stereocenters. The first-order chi connectivity index (χ1) is 12.5. The van der Waals surface area contributed by atoms with Crippen LogP contribution in [0.2, 0.25) is 0 Å². The monoisotopic (exact) mass is 376 g/mol. The average molecular weight is 376 g/mol. The van der Waals surface area contributed by atoms with Gasteiger partial charge in [-0.25, -0.2) is 9.78 Å². The molecule has 1 aromatic carbocycles. The number of para-hydroxylation sites is 2.